The van der Waals surface area contributed by atoms with E-state index in [4.69, 9.17) is 11.6 Å². The number of nitrogens with zero attached hydrogens (tertiary/aromatic N) is 3. The average Bonchev–Trinajstić information content (AvgIpc) is 2.72. The van der Waals surface area contributed by atoms with E-state index in [0.717, 1.165) is 34.3 Å². The number of benzene rings is 2. The summed E-state index contributed by atoms with van der Waals surface area (Å²) in [7, 11) is 0. The summed E-state index contributed by atoms with van der Waals surface area (Å²) in [6.07, 6.45) is 3.76. The molecule has 6 heteroatoms. The van der Waals surface area contributed by atoms with Crippen LogP contribution in [-0.2, 0) is 4.79 Å². The molecule has 144 valence electrons. The van der Waals surface area contributed by atoms with Crippen molar-refractivity contribution in [3.05, 3.63) is 66.5 Å². The zero-order valence-electron chi connectivity index (χ0n) is 15.9. The largest absolute Gasteiger partial charge is 0.368 e. The molecule has 1 aromatic heterocycles. The standard InChI is InChI=1S/C22H23ClN4O/c1-3-11-27(21(28)4-2)12-10-24-22-18-13-17(16-8-6-5-7-9-16)19(23)14-20(18)25-15-26-22/h4-9,13-15H,2-3,10-12H2,1H3,(H,24,25,26). The number of nitrogens with one attached hydrogen (secondary N) is 1. The van der Waals surface area contributed by atoms with Crippen LogP contribution in [0.25, 0.3) is 22.0 Å². The van der Waals surface area contributed by atoms with Gasteiger partial charge in [0.2, 0.25) is 5.91 Å². The van der Waals surface area contributed by atoms with Gasteiger partial charge in [-0.25, -0.2) is 9.97 Å². The van der Waals surface area contributed by atoms with Crippen LogP contribution in [0.2, 0.25) is 5.02 Å². The maximum absolute atomic E-state index is 11.9. The molecule has 0 spiro atoms. The Bertz CT molecular complexity index is 975. The summed E-state index contributed by atoms with van der Waals surface area (Å²) in [4.78, 5) is 22.4. The lowest BCUT2D eigenvalue weighted by Gasteiger charge is -2.21. The molecule has 1 N–H and O–H groups in total. The van der Waals surface area contributed by atoms with Gasteiger partial charge in [0.15, 0.2) is 0 Å². The molecule has 0 atom stereocenters. The first-order chi connectivity index (χ1) is 13.6. The first-order valence-electron chi connectivity index (χ1n) is 9.29. The van der Waals surface area contributed by atoms with Crippen molar-refractivity contribution in [2.24, 2.45) is 0 Å². The molecule has 28 heavy (non-hydrogen) atoms. The van der Waals surface area contributed by atoms with E-state index >= 15 is 0 Å². The number of carbonyl (C=O) groups excluding carboxylic acids is 1. The second-order valence-electron chi connectivity index (χ2n) is 6.39. The number of rotatable bonds is 8. The molecule has 0 aliphatic rings. The number of hydrogen-bond donors (Lipinski definition) is 1. The number of fused-ring (bicyclic) bond motifs is 1. The van der Waals surface area contributed by atoms with Gasteiger partial charge < -0.3 is 10.2 Å². The minimum atomic E-state index is -0.0608. The molecule has 0 saturated carbocycles. The highest BCUT2D eigenvalue weighted by molar-refractivity contribution is 6.34. The Morgan fingerprint density at radius 1 is 1.21 bits per heavy atom. The van der Waals surface area contributed by atoms with Crippen LogP contribution in [0, 0.1) is 0 Å². The summed E-state index contributed by atoms with van der Waals surface area (Å²) >= 11 is 6.49. The Labute approximate surface area is 170 Å². The van der Waals surface area contributed by atoms with Crippen LogP contribution < -0.4 is 5.32 Å². The van der Waals surface area contributed by atoms with Gasteiger partial charge in [0, 0.05) is 30.6 Å². The van der Waals surface area contributed by atoms with Gasteiger partial charge in [0.1, 0.15) is 12.1 Å². The fraction of sp³-hybridized carbons (Fsp3) is 0.227. The zero-order valence-corrected chi connectivity index (χ0v) is 16.6. The highest BCUT2D eigenvalue weighted by Crippen LogP contribution is 2.33. The number of hydrogen-bond acceptors (Lipinski definition) is 4. The van der Waals surface area contributed by atoms with Gasteiger partial charge in [-0.2, -0.15) is 0 Å². The molecule has 0 aliphatic carbocycles. The van der Waals surface area contributed by atoms with Crippen molar-refractivity contribution in [1.82, 2.24) is 14.9 Å². The molecule has 0 radical (unpaired) electrons. The van der Waals surface area contributed by atoms with Gasteiger partial charge in [0.25, 0.3) is 0 Å². The summed E-state index contributed by atoms with van der Waals surface area (Å²) < 4.78 is 0. The van der Waals surface area contributed by atoms with Crippen molar-refractivity contribution in [1.29, 1.82) is 0 Å². The molecule has 0 bridgehead atoms. The topological polar surface area (TPSA) is 58.1 Å². The Morgan fingerprint density at radius 2 is 2.00 bits per heavy atom. The van der Waals surface area contributed by atoms with Crippen LogP contribution in [-0.4, -0.2) is 40.4 Å². The first-order valence-corrected chi connectivity index (χ1v) is 9.66. The third kappa shape index (κ3) is 4.49. The molecule has 5 nitrogen and oxygen atoms in total. The molecule has 1 heterocycles. The van der Waals surface area contributed by atoms with Crippen LogP contribution in [0.1, 0.15) is 13.3 Å². The Kier molecular flexibility index (Phi) is 6.61. The third-order valence-electron chi connectivity index (χ3n) is 4.46. The molecule has 0 unspecified atom stereocenters. The second-order valence-corrected chi connectivity index (χ2v) is 6.80. The highest BCUT2D eigenvalue weighted by atomic mass is 35.5. The number of carbonyl (C=O) groups is 1. The summed E-state index contributed by atoms with van der Waals surface area (Å²) in [5.74, 6) is 0.663. The quantitative estimate of drug-likeness (QED) is 0.558. The Morgan fingerprint density at radius 3 is 2.71 bits per heavy atom. The van der Waals surface area contributed by atoms with Gasteiger partial charge >= 0.3 is 0 Å². The van der Waals surface area contributed by atoms with Crippen molar-refractivity contribution in [3.8, 4) is 11.1 Å². The monoisotopic (exact) mass is 394 g/mol. The minimum Gasteiger partial charge on any atom is -0.368 e. The first kappa shape index (κ1) is 19.8. The number of amides is 1. The summed E-state index contributed by atoms with van der Waals surface area (Å²) in [6.45, 7) is 7.47. The molecular formula is C22H23ClN4O. The van der Waals surface area contributed by atoms with E-state index in [1.807, 2.05) is 49.4 Å². The van der Waals surface area contributed by atoms with Crippen LogP contribution in [0.4, 0.5) is 5.82 Å². The van der Waals surface area contributed by atoms with E-state index in [1.165, 1.54) is 12.4 Å². The molecule has 0 fully saturated rings. The van der Waals surface area contributed by atoms with E-state index < -0.39 is 0 Å². The molecule has 3 aromatic rings. The van der Waals surface area contributed by atoms with Gasteiger partial charge in [-0.05, 0) is 30.2 Å². The van der Waals surface area contributed by atoms with E-state index in [9.17, 15) is 4.79 Å². The number of anilines is 1. The van der Waals surface area contributed by atoms with E-state index in [-0.39, 0.29) is 5.91 Å². The zero-order chi connectivity index (χ0) is 19.9. The Balaban J connectivity index is 1.85. The lowest BCUT2D eigenvalue weighted by molar-refractivity contribution is -0.125. The normalized spacial score (nSPS) is 10.6. The van der Waals surface area contributed by atoms with Crippen molar-refractivity contribution in [2.75, 3.05) is 25.0 Å². The van der Waals surface area contributed by atoms with Crippen molar-refractivity contribution in [2.45, 2.75) is 13.3 Å². The SMILES string of the molecule is C=CC(=O)N(CCC)CCNc1ncnc2cc(Cl)c(-c3ccccc3)cc12. The second kappa shape index (κ2) is 9.33. The molecule has 2 aromatic carbocycles. The molecular weight excluding hydrogens is 372 g/mol. The maximum Gasteiger partial charge on any atom is 0.246 e. The lowest BCUT2D eigenvalue weighted by atomic mass is 10.0. The van der Waals surface area contributed by atoms with Gasteiger partial charge in [-0.3, -0.25) is 4.79 Å². The van der Waals surface area contributed by atoms with Crippen LogP contribution in [0.3, 0.4) is 0 Å². The minimum absolute atomic E-state index is 0.0608. The van der Waals surface area contributed by atoms with Gasteiger partial charge in [-0.15, -0.1) is 0 Å². The molecule has 0 aliphatic heterocycles. The summed E-state index contributed by atoms with van der Waals surface area (Å²) in [5, 5.41) is 4.87. The fourth-order valence-corrected chi connectivity index (χ4v) is 3.36. The van der Waals surface area contributed by atoms with Crippen LogP contribution in [0.5, 0.6) is 0 Å². The third-order valence-corrected chi connectivity index (χ3v) is 4.78. The smallest absolute Gasteiger partial charge is 0.246 e. The van der Waals surface area contributed by atoms with E-state index in [1.54, 1.807) is 4.90 Å². The van der Waals surface area contributed by atoms with Gasteiger partial charge in [-0.1, -0.05) is 55.4 Å². The fourth-order valence-electron chi connectivity index (χ4n) is 3.10. The molecule has 1 amide bonds. The predicted molar refractivity (Wildman–Crippen MR) is 116 cm³/mol. The van der Waals surface area contributed by atoms with E-state index in [2.05, 4.69) is 21.9 Å². The number of aromatic nitrogens is 2. The van der Waals surface area contributed by atoms with Gasteiger partial charge in [0.05, 0.1) is 10.5 Å². The van der Waals surface area contributed by atoms with E-state index in [0.29, 0.717) is 24.7 Å². The summed E-state index contributed by atoms with van der Waals surface area (Å²) in [5.41, 5.74) is 2.74. The molecule has 3 rings (SSSR count). The highest BCUT2D eigenvalue weighted by Gasteiger charge is 2.12. The molecule has 0 saturated heterocycles. The maximum atomic E-state index is 11.9. The average molecular weight is 395 g/mol. The predicted octanol–water partition coefficient (Wildman–Crippen LogP) is 4.79. The van der Waals surface area contributed by atoms with Crippen LogP contribution >= 0.6 is 11.6 Å². The van der Waals surface area contributed by atoms with Crippen molar-refractivity contribution < 1.29 is 4.79 Å². The lowest BCUT2D eigenvalue weighted by Crippen LogP contribution is -2.34. The van der Waals surface area contributed by atoms with Crippen molar-refractivity contribution in [3.63, 3.8) is 0 Å². The van der Waals surface area contributed by atoms with Crippen molar-refractivity contribution >= 4 is 34.2 Å². The van der Waals surface area contributed by atoms with Crippen LogP contribution in [0.15, 0.2) is 61.4 Å². The number of halogens is 1. The Hall–Kier alpha value is -2.92. The summed E-state index contributed by atoms with van der Waals surface area (Å²) in [6, 6.07) is 13.8.